The zero-order valence-corrected chi connectivity index (χ0v) is 12.7. The Labute approximate surface area is 122 Å². The lowest BCUT2D eigenvalue weighted by atomic mass is 10.1. The molecule has 0 spiro atoms. The molecule has 0 aromatic heterocycles. The number of nitrogens with one attached hydrogen (secondary N) is 1. The molecule has 20 heavy (non-hydrogen) atoms. The van der Waals surface area contributed by atoms with Crippen molar-refractivity contribution in [2.75, 3.05) is 12.4 Å². The Balaban J connectivity index is 4.16. The van der Waals surface area contributed by atoms with Gasteiger partial charge in [0.15, 0.2) is 5.78 Å². The summed E-state index contributed by atoms with van der Waals surface area (Å²) in [5.74, 6) is -1.19. The first-order valence-corrected chi connectivity index (χ1v) is 7.27. The van der Waals surface area contributed by atoms with Gasteiger partial charge in [0, 0.05) is 28.7 Å². The molecule has 0 rings (SSSR count). The fourth-order valence-corrected chi connectivity index (χ4v) is 1.91. The number of hydrogen-bond donors (Lipinski definition) is 1. The number of esters is 1. The monoisotopic (exact) mass is 304 g/mol. The topological polar surface area (TPSA) is 102 Å². The molecule has 7 nitrogen and oxygen atoms in total. The van der Waals surface area contributed by atoms with Gasteiger partial charge in [-0.1, -0.05) is 6.92 Å². The van der Waals surface area contributed by atoms with E-state index in [0.29, 0.717) is 25.0 Å². The zero-order chi connectivity index (χ0) is 15.5. The molecular formula is C12H20N2O5S. The van der Waals surface area contributed by atoms with E-state index in [-0.39, 0.29) is 35.8 Å². The summed E-state index contributed by atoms with van der Waals surface area (Å²) in [6, 6.07) is -0.733. The number of rotatable bonds is 10. The summed E-state index contributed by atoms with van der Waals surface area (Å²) in [5.41, 5.74) is 0. The molecule has 1 amide bonds. The zero-order valence-electron chi connectivity index (χ0n) is 11.9. The maximum atomic E-state index is 11.7. The van der Waals surface area contributed by atoms with Gasteiger partial charge < -0.3 is 10.1 Å². The van der Waals surface area contributed by atoms with Gasteiger partial charge in [0.2, 0.25) is 5.91 Å². The first-order chi connectivity index (χ1) is 9.42. The van der Waals surface area contributed by atoms with Gasteiger partial charge in [0.25, 0.3) is 0 Å². The van der Waals surface area contributed by atoms with Crippen LogP contribution in [-0.2, 0) is 19.1 Å². The van der Waals surface area contributed by atoms with Crippen LogP contribution in [0.15, 0.2) is 4.58 Å². The Morgan fingerprint density at radius 1 is 1.35 bits per heavy atom. The average Bonchev–Trinajstić information content (AvgIpc) is 2.40. The number of carbonyl (C=O) groups excluding carboxylic acids is 3. The molecule has 0 heterocycles. The van der Waals surface area contributed by atoms with E-state index in [1.807, 2.05) is 0 Å². The van der Waals surface area contributed by atoms with Crippen molar-refractivity contribution in [3.05, 3.63) is 4.91 Å². The Bertz CT molecular complexity index is 362. The first kappa shape index (κ1) is 18.6. The number of ketones is 1. The van der Waals surface area contributed by atoms with Crippen molar-refractivity contribution >= 4 is 29.6 Å². The molecule has 0 aliphatic rings. The molecule has 114 valence electrons. The summed E-state index contributed by atoms with van der Waals surface area (Å²) >= 11 is 0.682. The van der Waals surface area contributed by atoms with Gasteiger partial charge in [-0.05, 0) is 20.3 Å². The highest BCUT2D eigenvalue weighted by molar-refractivity contribution is 7.97. The van der Waals surface area contributed by atoms with Gasteiger partial charge in [-0.15, -0.1) is 4.91 Å². The SMILES string of the molecule is CCOC(=O)C(C)CCC(=O)NC(CSN=O)C(C)=O. The van der Waals surface area contributed by atoms with E-state index in [1.54, 1.807) is 13.8 Å². The number of Topliss-reactive ketones (excluding diaryl/α,β-unsaturated/α-hetero) is 1. The van der Waals surface area contributed by atoms with Crippen LogP contribution in [0.1, 0.15) is 33.6 Å². The Kier molecular flexibility index (Phi) is 9.61. The summed E-state index contributed by atoms with van der Waals surface area (Å²) in [5, 5.41) is 2.52. The highest BCUT2D eigenvalue weighted by Gasteiger charge is 2.19. The second-order valence-corrected chi connectivity index (χ2v) is 5.03. The standard InChI is InChI=1S/C12H20N2O5S/c1-4-19-12(17)8(2)5-6-11(16)13-10(9(3)15)7-20-14-18/h8,10H,4-7H2,1-3H3,(H,13,16). The lowest BCUT2D eigenvalue weighted by Crippen LogP contribution is -2.41. The Morgan fingerprint density at radius 2 is 2.00 bits per heavy atom. The third kappa shape index (κ3) is 7.88. The molecular weight excluding hydrogens is 284 g/mol. The third-order valence-electron chi connectivity index (χ3n) is 2.61. The van der Waals surface area contributed by atoms with Crippen LogP contribution in [-0.4, -0.2) is 36.1 Å². The molecule has 1 N–H and O–H groups in total. The quantitative estimate of drug-likeness (QED) is 0.372. The Hall–Kier alpha value is -1.44. The van der Waals surface area contributed by atoms with Gasteiger partial charge in [-0.2, -0.15) is 0 Å². The van der Waals surface area contributed by atoms with Gasteiger partial charge in [-0.25, -0.2) is 0 Å². The minimum atomic E-state index is -0.733. The predicted octanol–water partition coefficient (Wildman–Crippen LogP) is 1.45. The number of ether oxygens (including phenoxy) is 1. The third-order valence-corrected chi connectivity index (χ3v) is 3.20. The van der Waals surface area contributed by atoms with Crippen molar-refractivity contribution in [1.29, 1.82) is 0 Å². The smallest absolute Gasteiger partial charge is 0.308 e. The average molecular weight is 304 g/mol. The van der Waals surface area contributed by atoms with Crippen LogP contribution in [0.5, 0.6) is 0 Å². The predicted molar refractivity (Wildman–Crippen MR) is 75.9 cm³/mol. The molecule has 2 unspecified atom stereocenters. The molecule has 0 fully saturated rings. The fourth-order valence-electron chi connectivity index (χ4n) is 1.38. The van der Waals surface area contributed by atoms with E-state index < -0.39 is 6.04 Å². The summed E-state index contributed by atoms with van der Waals surface area (Å²) in [7, 11) is 0. The van der Waals surface area contributed by atoms with Crippen molar-refractivity contribution in [1.82, 2.24) is 5.32 Å². The number of amides is 1. The lowest BCUT2D eigenvalue weighted by Gasteiger charge is -2.15. The summed E-state index contributed by atoms with van der Waals surface area (Å²) in [6.07, 6.45) is 0.456. The highest BCUT2D eigenvalue weighted by atomic mass is 32.2. The van der Waals surface area contributed by atoms with Crippen LogP contribution in [0.2, 0.25) is 0 Å². The van der Waals surface area contributed by atoms with E-state index in [9.17, 15) is 19.3 Å². The number of nitrogens with zero attached hydrogens (tertiary/aromatic N) is 1. The maximum absolute atomic E-state index is 11.7. The summed E-state index contributed by atoms with van der Waals surface area (Å²) < 4.78 is 7.42. The molecule has 0 aliphatic heterocycles. The van der Waals surface area contributed by atoms with E-state index >= 15 is 0 Å². The largest absolute Gasteiger partial charge is 0.466 e. The van der Waals surface area contributed by atoms with Gasteiger partial charge in [0.1, 0.15) is 0 Å². The second kappa shape index (κ2) is 10.4. The van der Waals surface area contributed by atoms with Crippen LogP contribution in [0.3, 0.4) is 0 Å². The number of nitroso groups, excluding NO2 is 1. The maximum Gasteiger partial charge on any atom is 0.308 e. The summed E-state index contributed by atoms with van der Waals surface area (Å²) in [6.45, 7) is 5.03. The molecule has 0 radical (unpaired) electrons. The van der Waals surface area contributed by atoms with Crippen molar-refractivity contribution < 1.29 is 19.1 Å². The van der Waals surface area contributed by atoms with Crippen molar-refractivity contribution in [2.45, 2.75) is 39.7 Å². The highest BCUT2D eigenvalue weighted by Crippen LogP contribution is 2.09. The second-order valence-electron chi connectivity index (χ2n) is 4.29. The normalized spacial score (nSPS) is 13.2. The fraction of sp³-hybridized carbons (Fsp3) is 0.750. The first-order valence-electron chi connectivity index (χ1n) is 6.33. The Morgan fingerprint density at radius 3 is 2.50 bits per heavy atom. The molecule has 8 heteroatoms. The van der Waals surface area contributed by atoms with Gasteiger partial charge in [0.05, 0.1) is 18.6 Å². The van der Waals surface area contributed by atoms with Crippen LogP contribution in [0.25, 0.3) is 0 Å². The molecule has 0 aromatic rings. The summed E-state index contributed by atoms with van der Waals surface area (Å²) in [4.78, 5) is 44.3. The molecule has 0 saturated carbocycles. The van der Waals surface area contributed by atoms with E-state index in [4.69, 9.17) is 4.74 Å². The van der Waals surface area contributed by atoms with Crippen molar-refractivity contribution in [2.24, 2.45) is 10.5 Å². The lowest BCUT2D eigenvalue weighted by molar-refractivity contribution is -0.147. The molecule has 0 aromatic carbocycles. The number of hydrogen-bond acceptors (Lipinski definition) is 7. The van der Waals surface area contributed by atoms with Crippen molar-refractivity contribution in [3.63, 3.8) is 0 Å². The minimum Gasteiger partial charge on any atom is -0.466 e. The molecule has 2 atom stereocenters. The van der Waals surface area contributed by atoms with Gasteiger partial charge in [-0.3, -0.25) is 14.4 Å². The number of carbonyl (C=O) groups is 3. The molecule has 0 bridgehead atoms. The van der Waals surface area contributed by atoms with E-state index in [0.717, 1.165) is 0 Å². The minimum absolute atomic E-state index is 0.109. The van der Waals surface area contributed by atoms with E-state index in [1.165, 1.54) is 6.92 Å². The van der Waals surface area contributed by atoms with Gasteiger partial charge >= 0.3 is 5.97 Å². The van der Waals surface area contributed by atoms with Crippen LogP contribution in [0.4, 0.5) is 0 Å². The van der Waals surface area contributed by atoms with Crippen LogP contribution < -0.4 is 5.32 Å². The molecule has 0 saturated heterocycles. The van der Waals surface area contributed by atoms with Crippen molar-refractivity contribution in [3.8, 4) is 0 Å². The van der Waals surface area contributed by atoms with Crippen LogP contribution in [0, 0.1) is 10.8 Å². The molecule has 0 aliphatic carbocycles. The van der Waals surface area contributed by atoms with E-state index in [2.05, 4.69) is 9.90 Å². The van der Waals surface area contributed by atoms with Crippen LogP contribution >= 0.6 is 11.9 Å².